The number of fused-ring (bicyclic) bond motifs is 1. The van der Waals surface area contributed by atoms with E-state index < -0.39 is 0 Å². The Morgan fingerprint density at radius 2 is 2.21 bits per heavy atom. The molecule has 4 nitrogen and oxygen atoms in total. The molecule has 0 saturated carbocycles. The molecule has 0 bridgehead atoms. The quantitative estimate of drug-likeness (QED) is 0.933. The Kier molecular flexibility index (Phi) is 3.48. The summed E-state index contributed by atoms with van der Waals surface area (Å²) in [6.07, 6.45) is 4.92. The largest absolute Gasteiger partial charge is 0.334 e. The fourth-order valence-electron chi connectivity index (χ4n) is 2.57. The first-order valence-electron chi connectivity index (χ1n) is 6.58. The number of nitrogens with zero attached hydrogens (tertiary/aromatic N) is 3. The van der Waals surface area contributed by atoms with E-state index in [1.807, 2.05) is 30.8 Å². The molecule has 1 N–H and O–H groups in total. The standard InChI is InChI=1S/C14H18N4S/c1-10-12-4-6-19-13(12)3-5-18(10)14-16-8-11(7-15-2)9-17-14/h4,6,8-10,15H,3,5,7H2,1-2H3. The van der Waals surface area contributed by atoms with Crippen molar-refractivity contribution in [3.05, 3.63) is 39.8 Å². The third-order valence-electron chi connectivity index (χ3n) is 3.61. The van der Waals surface area contributed by atoms with E-state index >= 15 is 0 Å². The number of nitrogens with one attached hydrogen (secondary N) is 1. The van der Waals surface area contributed by atoms with Crippen LogP contribution in [0, 0.1) is 0 Å². The second-order valence-corrected chi connectivity index (χ2v) is 5.84. The van der Waals surface area contributed by atoms with Gasteiger partial charge >= 0.3 is 0 Å². The Morgan fingerprint density at radius 1 is 1.42 bits per heavy atom. The van der Waals surface area contributed by atoms with Gasteiger partial charge in [-0.05, 0) is 37.4 Å². The zero-order valence-electron chi connectivity index (χ0n) is 11.3. The van der Waals surface area contributed by atoms with Crippen LogP contribution < -0.4 is 10.2 Å². The van der Waals surface area contributed by atoms with Crippen LogP contribution >= 0.6 is 11.3 Å². The second kappa shape index (κ2) is 5.27. The van der Waals surface area contributed by atoms with E-state index in [4.69, 9.17) is 0 Å². The fraction of sp³-hybridized carbons (Fsp3) is 0.429. The summed E-state index contributed by atoms with van der Waals surface area (Å²) in [6.45, 7) is 4.04. The molecular formula is C14H18N4S. The zero-order valence-corrected chi connectivity index (χ0v) is 12.1. The molecule has 5 heteroatoms. The van der Waals surface area contributed by atoms with Gasteiger partial charge in [-0.25, -0.2) is 9.97 Å². The van der Waals surface area contributed by atoms with Gasteiger partial charge in [0.05, 0.1) is 6.04 Å². The van der Waals surface area contributed by atoms with Crippen LogP contribution in [-0.4, -0.2) is 23.6 Å². The number of aromatic nitrogens is 2. The number of hydrogen-bond acceptors (Lipinski definition) is 5. The van der Waals surface area contributed by atoms with Crippen molar-refractivity contribution in [3.63, 3.8) is 0 Å². The van der Waals surface area contributed by atoms with E-state index in [0.29, 0.717) is 6.04 Å². The number of anilines is 1. The van der Waals surface area contributed by atoms with Crippen molar-refractivity contribution in [2.45, 2.75) is 25.9 Å². The van der Waals surface area contributed by atoms with Crippen molar-refractivity contribution in [1.29, 1.82) is 0 Å². The molecule has 0 amide bonds. The molecule has 1 aliphatic heterocycles. The summed E-state index contributed by atoms with van der Waals surface area (Å²) in [5.41, 5.74) is 2.55. The lowest BCUT2D eigenvalue weighted by Crippen LogP contribution is -2.34. The lowest BCUT2D eigenvalue weighted by atomic mass is 10.0. The molecule has 3 heterocycles. The third-order valence-corrected chi connectivity index (χ3v) is 4.60. The summed E-state index contributed by atoms with van der Waals surface area (Å²) in [6, 6.07) is 2.59. The predicted octanol–water partition coefficient (Wildman–Crippen LogP) is 2.38. The Bertz CT molecular complexity index is 549. The van der Waals surface area contributed by atoms with Crippen LogP contribution in [0.15, 0.2) is 23.8 Å². The topological polar surface area (TPSA) is 41.1 Å². The van der Waals surface area contributed by atoms with Gasteiger partial charge in [-0.1, -0.05) is 0 Å². The molecular weight excluding hydrogens is 256 g/mol. The van der Waals surface area contributed by atoms with E-state index in [0.717, 1.165) is 31.0 Å². The van der Waals surface area contributed by atoms with Crippen LogP contribution in [0.1, 0.15) is 29.0 Å². The Labute approximate surface area is 117 Å². The predicted molar refractivity (Wildman–Crippen MR) is 78.6 cm³/mol. The monoisotopic (exact) mass is 274 g/mol. The average molecular weight is 274 g/mol. The van der Waals surface area contributed by atoms with Crippen LogP contribution in [0.4, 0.5) is 5.95 Å². The van der Waals surface area contributed by atoms with Crippen LogP contribution in [0.2, 0.25) is 0 Å². The molecule has 0 spiro atoms. The van der Waals surface area contributed by atoms with Gasteiger partial charge < -0.3 is 10.2 Å². The molecule has 1 aliphatic rings. The smallest absolute Gasteiger partial charge is 0.225 e. The van der Waals surface area contributed by atoms with Gasteiger partial charge in [-0.2, -0.15) is 0 Å². The maximum atomic E-state index is 4.51. The van der Waals surface area contributed by atoms with E-state index in [2.05, 4.69) is 38.6 Å². The first-order valence-corrected chi connectivity index (χ1v) is 7.46. The van der Waals surface area contributed by atoms with Crippen LogP contribution in [0.3, 0.4) is 0 Å². The van der Waals surface area contributed by atoms with Crippen molar-refractivity contribution < 1.29 is 0 Å². The van der Waals surface area contributed by atoms with Gasteiger partial charge in [-0.3, -0.25) is 0 Å². The lowest BCUT2D eigenvalue weighted by molar-refractivity contribution is 0.614. The summed E-state index contributed by atoms with van der Waals surface area (Å²) in [7, 11) is 1.93. The van der Waals surface area contributed by atoms with Gasteiger partial charge in [0, 0.05) is 35.9 Å². The molecule has 19 heavy (non-hydrogen) atoms. The Morgan fingerprint density at radius 3 is 2.95 bits per heavy atom. The van der Waals surface area contributed by atoms with Crippen molar-refractivity contribution in [2.75, 3.05) is 18.5 Å². The van der Waals surface area contributed by atoms with E-state index in [-0.39, 0.29) is 0 Å². The minimum atomic E-state index is 0.366. The first kappa shape index (κ1) is 12.6. The molecule has 100 valence electrons. The summed E-state index contributed by atoms with van der Waals surface area (Å²) in [4.78, 5) is 12.8. The van der Waals surface area contributed by atoms with Crippen molar-refractivity contribution in [3.8, 4) is 0 Å². The number of hydrogen-bond donors (Lipinski definition) is 1. The molecule has 0 aliphatic carbocycles. The Hall–Kier alpha value is -1.46. The molecule has 3 rings (SSSR count). The van der Waals surface area contributed by atoms with Gasteiger partial charge in [0.25, 0.3) is 0 Å². The zero-order chi connectivity index (χ0) is 13.2. The van der Waals surface area contributed by atoms with Crippen molar-refractivity contribution in [1.82, 2.24) is 15.3 Å². The van der Waals surface area contributed by atoms with Gasteiger partial charge in [0.1, 0.15) is 0 Å². The highest BCUT2D eigenvalue weighted by molar-refractivity contribution is 7.10. The average Bonchev–Trinajstić information content (AvgIpc) is 2.90. The summed E-state index contributed by atoms with van der Waals surface area (Å²) in [5.74, 6) is 0.837. The molecule has 0 saturated heterocycles. The molecule has 2 aromatic heterocycles. The number of thiophene rings is 1. The summed E-state index contributed by atoms with van der Waals surface area (Å²) in [5, 5.41) is 5.29. The fourth-order valence-corrected chi connectivity index (χ4v) is 3.54. The highest BCUT2D eigenvalue weighted by atomic mass is 32.1. The second-order valence-electron chi connectivity index (χ2n) is 4.84. The minimum Gasteiger partial charge on any atom is -0.334 e. The third kappa shape index (κ3) is 2.35. The number of rotatable bonds is 3. The highest BCUT2D eigenvalue weighted by Crippen LogP contribution is 2.34. The maximum absolute atomic E-state index is 4.51. The molecule has 2 aromatic rings. The molecule has 0 aromatic carbocycles. The minimum absolute atomic E-state index is 0.366. The summed E-state index contributed by atoms with van der Waals surface area (Å²) < 4.78 is 0. The van der Waals surface area contributed by atoms with Crippen molar-refractivity contribution >= 4 is 17.3 Å². The summed E-state index contributed by atoms with van der Waals surface area (Å²) >= 11 is 1.86. The molecule has 0 radical (unpaired) electrons. The first-order chi connectivity index (χ1) is 9.29. The van der Waals surface area contributed by atoms with Gasteiger partial charge in [0.2, 0.25) is 5.95 Å². The van der Waals surface area contributed by atoms with E-state index in [9.17, 15) is 0 Å². The highest BCUT2D eigenvalue weighted by Gasteiger charge is 2.26. The van der Waals surface area contributed by atoms with Gasteiger partial charge in [-0.15, -0.1) is 11.3 Å². The van der Waals surface area contributed by atoms with Gasteiger partial charge in [0.15, 0.2) is 0 Å². The lowest BCUT2D eigenvalue weighted by Gasteiger charge is -2.33. The normalized spacial score (nSPS) is 18.4. The van der Waals surface area contributed by atoms with Crippen LogP contribution in [0.5, 0.6) is 0 Å². The SMILES string of the molecule is CNCc1cnc(N2CCc3sccc3C2C)nc1. The maximum Gasteiger partial charge on any atom is 0.225 e. The molecule has 0 fully saturated rings. The van der Waals surface area contributed by atoms with E-state index in [1.165, 1.54) is 10.4 Å². The van der Waals surface area contributed by atoms with Crippen LogP contribution in [-0.2, 0) is 13.0 Å². The Balaban J connectivity index is 1.83. The van der Waals surface area contributed by atoms with Crippen molar-refractivity contribution in [2.24, 2.45) is 0 Å². The molecule has 1 unspecified atom stereocenters. The van der Waals surface area contributed by atoms with E-state index in [1.54, 1.807) is 0 Å². The molecule has 1 atom stereocenters. The van der Waals surface area contributed by atoms with Crippen LogP contribution in [0.25, 0.3) is 0 Å².